The predicted molar refractivity (Wildman–Crippen MR) is 134 cm³/mol. The van der Waals surface area contributed by atoms with E-state index in [-0.39, 0.29) is 42.5 Å². The summed E-state index contributed by atoms with van der Waals surface area (Å²) in [6.07, 6.45) is -1.83. The summed E-state index contributed by atoms with van der Waals surface area (Å²) in [7, 11) is -1.79. The summed E-state index contributed by atoms with van der Waals surface area (Å²) >= 11 is 0. The van der Waals surface area contributed by atoms with Crippen molar-refractivity contribution in [2.45, 2.75) is 49.7 Å². The van der Waals surface area contributed by atoms with Crippen molar-refractivity contribution in [3.63, 3.8) is 0 Å². The highest BCUT2D eigenvalue weighted by Crippen LogP contribution is 2.49. The van der Waals surface area contributed by atoms with Gasteiger partial charge < -0.3 is 35.3 Å². The van der Waals surface area contributed by atoms with E-state index < -0.39 is 62.6 Å². The number of nitrogens with two attached hydrogens (primary N) is 2. The van der Waals surface area contributed by atoms with Crippen LogP contribution in [0.25, 0.3) is 11.2 Å². The van der Waals surface area contributed by atoms with Gasteiger partial charge in [-0.3, -0.25) is 28.0 Å². The van der Waals surface area contributed by atoms with Crippen molar-refractivity contribution in [3.05, 3.63) is 33.5 Å². The van der Waals surface area contributed by atoms with Crippen LogP contribution in [0, 0.1) is 0 Å². The lowest BCUT2D eigenvalue weighted by atomic mass is 10.2. The average Bonchev–Trinajstić information content (AvgIpc) is 3.60. The number of anilines is 2. The van der Waals surface area contributed by atoms with Crippen molar-refractivity contribution in [1.29, 1.82) is 0 Å². The van der Waals surface area contributed by atoms with Gasteiger partial charge in [0.2, 0.25) is 11.9 Å². The van der Waals surface area contributed by atoms with E-state index in [1.165, 1.54) is 31.4 Å². The molecule has 0 amide bonds. The fourth-order valence-electron chi connectivity index (χ4n) is 4.64. The van der Waals surface area contributed by atoms with Gasteiger partial charge in [0, 0.05) is 27.1 Å². The van der Waals surface area contributed by atoms with Crippen LogP contribution < -0.4 is 22.7 Å². The molecule has 0 aliphatic carbocycles. The first-order chi connectivity index (χ1) is 19.1. The van der Waals surface area contributed by atoms with Crippen molar-refractivity contribution in [2.75, 3.05) is 38.9 Å². The van der Waals surface area contributed by atoms with Gasteiger partial charge in [0.15, 0.2) is 11.2 Å². The molecule has 5 rings (SSSR count). The van der Waals surface area contributed by atoms with Crippen LogP contribution in [0.4, 0.5) is 11.9 Å². The zero-order chi connectivity index (χ0) is 28.6. The normalized spacial score (nSPS) is 28.3. The lowest BCUT2D eigenvalue weighted by molar-refractivity contribution is -0.0642. The molecule has 0 spiro atoms. The van der Waals surface area contributed by atoms with E-state index >= 15 is 0 Å². The molecule has 2 saturated heterocycles. The SMILES string of the molecule is COCC1O[C@@H](n2cnc3c(=O)[nH]c(N)nc32)C[C@H]1OP(=O)(O)OCC1O[C@@H](n2cnc(N)nc2=O)C[C@H]1OC. The maximum atomic E-state index is 12.9. The van der Waals surface area contributed by atoms with Gasteiger partial charge in [-0.2, -0.15) is 9.97 Å². The van der Waals surface area contributed by atoms with Crippen LogP contribution in [0.1, 0.15) is 25.3 Å². The smallest absolute Gasteiger partial charge is 0.382 e. The largest absolute Gasteiger partial charge is 0.472 e. The Morgan fingerprint density at radius 1 is 1.05 bits per heavy atom. The molecule has 3 aromatic rings. The predicted octanol–water partition coefficient (Wildman–Crippen LogP) is -1.33. The molecule has 2 aliphatic rings. The van der Waals surface area contributed by atoms with E-state index in [0.29, 0.717) is 0 Å². The summed E-state index contributed by atoms with van der Waals surface area (Å²) in [5.74, 6) is -0.285. The highest BCUT2D eigenvalue weighted by molar-refractivity contribution is 7.47. The van der Waals surface area contributed by atoms with Crippen molar-refractivity contribution in [2.24, 2.45) is 0 Å². The van der Waals surface area contributed by atoms with Crippen LogP contribution in [-0.2, 0) is 32.6 Å². The van der Waals surface area contributed by atoms with Gasteiger partial charge in [-0.15, -0.1) is 0 Å². The summed E-state index contributed by atoms with van der Waals surface area (Å²) < 4.78 is 48.7. The number of aromatic amines is 1. The Bertz CT molecular complexity index is 1530. The van der Waals surface area contributed by atoms with Gasteiger partial charge in [-0.05, 0) is 0 Å². The summed E-state index contributed by atoms with van der Waals surface area (Å²) in [6, 6.07) is 0. The molecule has 7 atom stereocenters. The number of fused-ring (bicyclic) bond motifs is 1. The number of phosphoric acid groups is 1. The second-order valence-corrected chi connectivity index (χ2v) is 10.5. The van der Waals surface area contributed by atoms with E-state index in [9.17, 15) is 19.0 Å². The Morgan fingerprint density at radius 3 is 2.42 bits per heavy atom. The fourth-order valence-corrected chi connectivity index (χ4v) is 5.60. The molecular weight excluding hydrogens is 557 g/mol. The van der Waals surface area contributed by atoms with Gasteiger partial charge in [-0.25, -0.2) is 19.3 Å². The molecule has 0 aromatic carbocycles. The van der Waals surface area contributed by atoms with E-state index in [4.69, 9.17) is 39.5 Å². The van der Waals surface area contributed by atoms with E-state index in [1.807, 2.05) is 0 Å². The highest BCUT2D eigenvalue weighted by atomic mass is 31.2. The lowest BCUT2D eigenvalue weighted by Crippen LogP contribution is -2.30. The summed E-state index contributed by atoms with van der Waals surface area (Å²) in [5.41, 5.74) is 10.1. The quantitative estimate of drug-likeness (QED) is 0.201. The zero-order valence-corrected chi connectivity index (χ0v) is 22.2. The third-order valence-corrected chi connectivity index (χ3v) is 7.49. The molecule has 40 heavy (non-hydrogen) atoms. The van der Waals surface area contributed by atoms with E-state index in [2.05, 4.69) is 24.9 Å². The van der Waals surface area contributed by atoms with Crippen LogP contribution >= 0.6 is 7.82 Å². The molecule has 20 heteroatoms. The Kier molecular flexibility index (Phi) is 7.98. The minimum Gasteiger partial charge on any atom is -0.382 e. The Hall–Kier alpha value is -3.29. The zero-order valence-electron chi connectivity index (χ0n) is 21.4. The maximum absolute atomic E-state index is 12.9. The van der Waals surface area contributed by atoms with Crippen molar-refractivity contribution in [3.8, 4) is 0 Å². The van der Waals surface area contributed by atoms with E-state index in [1.54, 1.807) is 0 Å². The fraction of sp³-hybridized carbons (Fsp3) is 0.600. The summed E-state index contributed by atoms with van der Waals surface area (Å²) in [6.45, 7) is -0.362. The number of rotatable bonds is 10. The molecule has 3 unspecified atom stereocenters. The Balaban J connectivity index is 1.25. The second kappa shape index (κ2) is 11.3. The number of hydrogen-bond donors (Lipinski definition) is 4. The number of phosphoric ester groups is 1. The molecule has 0 saturated carbocycles. The molecule has 2 aliphatic heterocycles. The number of H-pyrrole nitrogens is 1. The molecule has 5 heterocycles. The second-order valence-electron chi connectivity index (χ2n) is 9.05. The van der Waals surface area contributed by atoms with Crippen LogP contribution in [0.2, 0.25) is 0 Å². The van der Waals surface area contributed by atoms with Crippen molar-refractivity contribution >= 4 is 30.9 Å². The third-order valence-electron chi connectivity index (χ3n) is 6.48. The van der Waals surface area contributed by atoms with E-state index in [0.717, 1.165) is 4.57 Å². The van der Waals surface area contributed by atoms with Gasteiger partial charge >= 0.3 is 13.5 Å². The number of nitrogens with one attached hydrogen (secondary N) is 1. The summed E-state index contributed by atoms with van der Waals surface area (Å²) in [4.78, 5) is 52.7. The van der Waals surface area contributed by atoms with Crippen LogP contribution in [0.3, 0.4) is 0 Å². The molecule has 218 valence electrons. The Morgan fingerprint density at radius 2 is 1.73 bits per heavy atom. The van der Waals surface area contributed by atoms with Crippen LogP contribution in [-0.4, -0.2) is 90.8 Å². The van der Waals surface area contributed by atoms with Crippen LogP contribution in [0.15, 0.2) is 22.2 Å². The number of nitrogen functional groups attached to an aromatic ring is 2. The molecule has 19 nitrogen and oxygen atoms in total. The third kappa shape index (κ3) is 5.77. The molecule has 0 bridgehead atoms. The molecule has 6 N–H and O–H groups in total. The number of hydrogen-bond acceptors (Lipinski definition) is 15. The summed E-state index contributed by atoms with van der Waals surface area (Å²) in [5, 5.41) is 0. The minimum absolute atomic E-state index is 0.0293. The van der Waals surface area contributed by atoms with Crippen molar-refractivity contribution in [1.82, 2.24) is 34.1 Å². The monoisotopic (exact) mass is 585 g/mol. The number of nitrogens with zero attached hydrogens (tertiary/aromatic N) is 6. The first-order valence-corrected chi connectivity index (χ1v) is 13.5. The number of aromatic nitrogens is 7. The van der Waals surface area contributed by atoms with Crippen LogP contribution in [0.5, 0.6) is 0 Å². The molecule has 0 radical (unpaired) electrons. The lowest BCUT2D eigenvalue weighted by Gasteiger charge is -2.23. The van der Waals surface area contributed by atoms with Gasteiger partial charge in [0.25, 0.3) is 5.56 Å². The van der Waals surface area contributed by atoms with Gasteiger partial charge in [-0.1, -0.05) is 0 Å². The molecule has 2 fully saturated rings. The average molecular weight is 585 g/mol. The Labute approximate surface area is 225 Å². The van der Waals surface area contributed by atoms with Gasteiger partial charge in [0.05, 0.1) is 25.6 Å². The molecule has 3 aromatic heterocycles. The standard InChI is InChI=1S/C20H28N9O10P/c1-34-5-11-10(4-13(37-11)28-7-23-15-16(28)25-19(22)26-17(15)30)39-40(32,33)36-6-12-9(35-2)3-14(38-12)29-8-24-18(21)27-20(29)31/h7-14H,3-6H2,1-2H3,(H,32,33)(H2,21,27,31)(H3,22,25,26,30)/t9-,10-,11?,12?,13-,14-/m1/s1. The topological polar surface area (TPSA) is 256 Å². The number of ether oxygens (including phenoxy) is 4. The molecular formula is C20H28N9O10P. The first kappa shape index (κ1) is 28.2. The van der Waals surface area contributed by atoms with Gasteiger partial charge in [0.1, 0.15) is 37.1 Å². The highest BCUT2D eigenvalue weighted by Gasteiger charge is 2.44. The first-order valence-electron chi connectivity index (χ1n) is 12.0. The van der Waals surface area contributed by atoms with Crippen molar-refractivity contribution < 1.29 is 37.5 Å². The number of imidazole rings is 1. The number of methoxy groups -OCH3 is 2. The maximum Gasteiger partial charge on any atom is 0.472 e. The minimum atomic E-state index is -4.66.